The van der Waals surface area contributed by atoms with Crippen LogP contribution in [0.25, 0.3) is 0 Å². The Morgan fingerprint density at radius 2 is 1.87 bits per heavy atom. The Morgan fingerprint density at radius 3 is 2.48 bits per heavy atom. The summed E-state index contributed by atoms with van der Waals surface area (Å²) in [7, 11) is 0. The van der Waals surface area contributed by atoms with E-state index in [1.54, 1.807) is 50.2 Å². The second-order valence-corrected chi connectivity index (χ2v) is 4.96. The van der Waals surface area contributed by atoms with Crippen LogP contribution in [0.2, 0.25) is 0 Å². The first-order valence-electron chi connectivity index (χ1n) is 7.17. The lowest BCUT2D eigenvalue weighted by molar-refractivity contribution is -0.385. The zero-order valence-corrected chi connectivity index (χ0v) is 12.9. The molecule has 0 aliphatic heterocycles. The Hall–Kier alpha value is -2.89. The Balaban J connectivity index is 2.12. The average Bonchev–Trinajstić information content (AvgIpc) is 2.51. The summed E-state index contributed by atoms with van der Waals surface area (Å²) >= 11 is 0. The van der Waals surface area contributed by atoms with Crippen molar-refractivity contribution >= 4 is 11.7 Å². The van der Waals surface area contributed by atoms with Crippen LogP contribution in [0, 0.1) is 17.0 Å². The molecule has 0 atom stereocenters. The summed E-state index contributed by atoms with van der Waals surface area (Å²) in [5.41, 5.74) is 1.49. The number of carbonyl (C=O) groups excluding carboxylic acids is 1. The van der Waals surface area contributed by atoms with E-state index in [1.165, 1.54) is 6.07 Å². The number of rotatable bonds is 6. The molecule has 0 saturated carbocycles. The fourth-order valence-electron chi connectivity index (χ4n) is 2.04. The molecule has 0 heterocycles. The summed E-state index contributed by atoms with van der Waals surface area (Å²) in [5.74, 6) is 0.346. The van der Waals surface area contributed by atoms with Crippen molar-refractivity contribution in [3.05, 3.63) is 63.7 Å². The molecule has 2 aromatic rings. The van der Waals surface area contributed by atoms with Crippen molar-refractivity contribution in [2.75, 3.05) is 6.61 Å². The largest absolute Gasteiger partial charge is 0.466 e. The highest BCUT2D eigenvalue weighted by atomic mass is 16.6. The van der Waals surface area contributed by atoms with Crippen molar-refractivity contribution in [1.29, 1.82) is 0 Å². The van der Waals surface area contributed by atoms with Crippen molar-refractivity contribution in [1.82, 2.24) is 0 Å². The first-order chi connectivity index (χ1) is 11.0. The molecule has 0 amide bonds. The summed E-state index contributed by atoms with van der Waals surface area (Å²) < 4.78 is 10.5. The van der Waals surface area contributed by atoms with Gasteiger partial charge in [0.2, 0.25) is 5.75 Å². The van der Waals surface area contributed by atoms with Crippen molar-refractivity contribution in [2.24, 2.45) is 0 Å². The van der Waals surface area contributed by atoms with E-state index in [-0.39, 0.29) is 23.8 Å². The maximum Gasteiger partial charge on any atom is 0.311 e. The smallest absolute Gasteiger partial charge is 0.311 e. The van der Waals surface area contributed by atoms with E-state index in [2.05, 4.69) is 0 Å². The molecule has 0 spiro atoms. The molecule has 0 bridgehead atoms. The fourth-order valence-corrected chi connectivity index (χ4v) is 2.04. The van der Waals surface area contributed by atoms with Crippen LogP contribution in [-0.4, -0.2) is 17.5 Å². The molecule has 0 aliphatic carbocycles. The Morgan fingerprint density at radius 1 is 1.17 bits per heavy atom. The van der Waals surface area contributed by atoms with E-state index < -0.39 is 4.92 Å². The van der Waals surface area contributed by atoms with Crippen LogP contribution in [0.3, 0.4) is 0 Å². The standard InChI is InChI=1S/C17H17NO5/c1-3-22-17(19)11-13-5-7-14(8-6-13)23-16-9-4-12(2)10-15(16)18(20)21/h4-10H,3,11H2,1-2H3. The Kier molecular flexibility index (Phi) is 5.30. The average molecular weight is 315 g/mol. The summed E-state index contributed by atoms with van der Waals surface area (Å²) in [6.45, 7) is 3.88. The normalized spacial score (nSPS) is 10.2. The lowest BCUT2D eigenvalue weighted by atomic mass is 10.1. The molecule has 0 saturated heterocycles. The molecule has 0 radical (unpaired) electrons. The number of benzene rings is 2. The molecule has 0 unspecified atom stereocenters. The highest BCUT2D eigenvalue weighted by molar-refractivity contribution is 5.72. The first kappa shape index (κ1) is 16.5. The number of nitro groups is 1. The third kappa shape index (κ3) is 4.54. The SMILES string of the molecule is CCOC(=O)Cc1ccc(Oc2ccc(C)cc2[N+](=O)[O-])cc1. The number of aryl methyl sites for hydroxylation is 1. The van der Waals surface area contributed by atoms with Gasteiger partial charge >= 0.3 is 11.7 Å². The van der Waals surface area contributed by atoms with Crippen molar-refractivity contribution < 1.29 is 19.2 Å². The van der Waals surface area contributed by atoms with Gasteiger partial charge in [-0.3, -0.25) is 14.9 Å². The topological polar surface area (TPSA) is 78.7 Å². The van der Waals surface area contributed by atoms with Gasteiger partial charge in [-0.1, -0.05) is 18.2 Å². The van der Waals surface area contributed by atoms with Gasteiger partial charge in [0.25, 0.3) is 0 Å². The van der Waals surface area contributed by atoms with Crippen molar-refractivity contribution in [2.45, 2.75) is 20.3 Å². The van der Waals surface area contributed by atoms with Gasteiger partial charge in [0.1, 0.15) is 5.75 Å². The van der Waals surface area contributed by atoms with Crippen molar-refractivity contribution in [3.8, 4) is 11.5 Å². The minimum absolute atomic E-state index is 0.0828. The van der Waals surface area contributed by atoms with E-state index in [9.17, 15) is 14.9 Å². The number of nitro benzene ring substituents is 1. The van der Waals surface area contributed by atoms with Crippen LogP contribution < -0.4 is 4.74 Å². The van der Waals surface area contributed by atoms with Crippen LogP contribution in [0.15, 0.2) is 42.5 Å². The number of hydrogen-bond donors (Lipinski definition) is 0. The third-order valence-electron chi connectivity index (χ3n) is 3.12. The van der Waals surface area contributed by atoms with Gasteiger partial charge in [0, 0.05) is 6.07 Å². The van der Waals surface area contributed by atoms with E-state index in [1.807, 2.05) is 0 Å². The molecule has 0 aromatic heterocycles. The maximum atomic E-state index is 11.4. The fraction of sp³-hybridized carbons (Fsp3) is 0.235. The first-order valence-corrected chi connectivity index (χ1v) is 7.17. The van der Waals surface area contributed by atoms with Crippen LogP contribution in [0.4, 0.5) is 5.69 Å². The van der Waals surface area contributed by atoms with Gasteiger partial charge in [-0.15, -0.1) is 0 Å². The number of esters is 1. The lowest BCUT2D eigenvalue weighted by Crippen LogP contribution is -2.07. The molecule has 2 aromatic carbocycles. The number of hydrogen-bond acceptors (Lipinski definition) is 5. The van der Waals surface area contributed by atoms with Crippen LogP contribution >= 0.6 is 0 Å². The highest BCUT2D eigenvalue weighted by Crippen LogP contribution is 2.32. The second-order valence-electron chi connectivity index (χ2n) is 4.96. The van der Waals surface area contributed by atoms with E-state index in [4.69, 9.17) is 9.47 Å². The number of ether oxygens (including phenoxy) is 2. The summed E-state index contributed by atoms with van der Waals surface area (Å²) in [4.78, 5) is 22.0. The molecule has 120 valence electrons. The molecule has 0 aliphatic rings. The van der Waals surface area contributed by atoms with Gasteiger partial charge in [0.15, 0.2) is 0 Å². The molecule has 0 N–H and O–H groups in total. The summed E-state index contributed by atoms with van der Waals surface area (Å²) in [5, 5.41) is 11.1. The third-order valence-corrected chi connectivity index (χ3v) is 3.12. The molecule has 0 fully saturated rings. The van der Waals surface area contributed by atoms with Gasteiger partial charge in [-0.05, 0) is 43.2 Å². The summed E-state index contributed by atoms with van der Waals surface area (Å²) in [6, 6.07) is 11.6. The van der Waals surface area contributed by atoms with E-state index in [0.717, 1.165) is 11.1 Å². The molecular weight excluding hydrogens is 298 g/mol. The number of nitrogens with zero attached hydrogens (tertiary/aromatic N) is 1. The van der Waals surface area contributed by atoms with Crippen LogP contribution in [0.1, 0.15) is 18.1 Å². The van der Waals surface area contributed by atoms with Gasteiger partial charge in [-0.25, -0.2) is 0 Å². The van der Waals surface area contributed by atoms with Crippen molar-refractivity contribution in [3.63, 3.8) is 0 Å². The van der Waals surface area contributed by atoms with Crippen LogP contribution in [0.5, 0.6) is 11.5 Å². The predicted molar refractivity (Wildman–Crippen MR) is 84.7 cm³/mol. The van der Waals surface area contributed by atoms with E-state index in [0.29, 0.717) is 12.4 Å². The monoisotopic (exact) mass is 315 g/mol. The molecule has 6 heteroatoms. The maximum absolute atomic E-state index is 11.4. The summed E-state index contributed by atoms with van der Waals surface area (Å²) in [6.07, 6.45) is 0.179. The van der Waals surface area contributed by atoms with Crippen LogP contribution in [-0.2, 0) is 16.0 Å². The highest BCUT2D eigenvalue weighted by Gasteiger charge is 2.16. The van der Waals surface area contributed by atoms with E-state index >= 15 is 0 Å². The van der Waals surface area contributed by atoms with Gasteiger partial charge in [0.05, 0.1) is 18.0 Å². The molecular formula is C17H17NO5. The molecule has 2 rings (SSSR count). The number of carbonyl (C=O) groups is 1. The zero-order chi connectivity index (χ0) is 16.8. The molecule has 6 nitrogen and oxygen atoms in total. The van der Waals surface area contributed by atoms with Gasteiger partial charge in [-0.2, -0.15) is 0 Å². The minimum atomic E-state index is -0.475. The lowest BCUT2D eigenvalue weighted by Gasteiger charge is -2.08. The zero-order valence-electron chi connectivity index (χ0n) is 12.9. The minimum Gasteiger partial charge on any atom is -0.466 e. The Bertz CT molecular complexity index is 709. The second kappa shape index (κ2) is 7.40. The molecule has 23 heavy (non-hydrogen) atoms. The predicted octanol–water partition coefficient (Wildman–Crippen LogP) is 3.80. The quantitative estimate of drug-likeness (QED) is 0.460. The Labute approximate surface area is 133 Å². The van der Waals surface area contributed by atoms with Gasteiger partial charge < -0.3 is 9.47 Å².